The summed E-state index contributed by atoms with van der Waals surface area (Å²) >= 11 is 0. The van der Waals surface area contributed by atoms with Crippen molar-refractivity contribution >= 4 is 11.4 Å². The van der Waals surface area contributed by atoms with Crippen molar-refractivity contribution in [1.82, 2.24) is 0 Å². The van der Waals surface area contributed by atoms with Gasteiger partial charge in [-0.1, -0.05) is 6.42 Å². The molecule has 1 aromatic rings. The van der Waals surface area contributed by atoms with Crippen LogP contribution in [0.3, 0.4) is 0 Å². The Morgan fingerprint density at radius 1 is 1.53 bits per heavy atom. The second kappa shape index (κ2) is 5.52. The molecular weight excluding hydrogens is 251 g/mol. The van der Waals surface area contributed by atoms with Crippen LogP contribution in [0.4, 0.5) is 15.8 Å². The van der Waals surface area contributed by atoms with Crippen LogP contribution >= 0.6 is 0 Å². The number of aliphatic hydroxyl groups is 1. The zero-order chi connectivity index (χ0) is 14.0. The molecule has 5 nitrogen and oxygen atoms in total. The first-order valence-corrected chi connectivity index (χ1v) is 6.35. The van der Waals surface area contributed by atoms with Crippen molar-refractivity contribution in [2.75, 3.05) is 11.9 Å². The lowest BCUT2D eigenvalue weighted by Crippen LogP contribution is -2.22. The standard InChI is InChI=1S/C13H17FN2O3/c1-8-5-11(12(16(18)19)6-10(8)14)15-7-9-3-2-4-13(9)17/h5-6,9,13,15,17H,2-4,7H2,1H3. The molecule has 6 heteroatoms. The lowest BCUT2D eigenvalue weighted by atomic mass is 10.1. The number of rotatable bonds is 4. The number of hydrogen-bond donors (Lipinski definition) is 2. The van der Waals surface area contributed by atoms with Crippen molar-refractivity contribution in [3.8, 4) is 0 Å². The summed E-state index contributed by atoms with van der Waals surface area (Å²) in [4.78, 5) is 10.3. The number of nitro benzene ring substituents is 1. The molecule has 1 saturated carbocycles. The predicted octanol–water partition coefficient (Wildman–Crippen LogP) is 2.62. The maximum Gasteiger partial charge on any atom is 0.295 e. The number of hydrogen-bond acceptors (Lipinski definition) is 4. The van der Waals surface area contributed by atoms with Gasteiger partial charge in [0.25, 0.3) is 5.69 Å². The van der Waals surface area contributed by atoms with Gasteiger partial charge in [0, 0.05) is 12.5 Å². The van der Waals surface area contributed by atoms with E-state index in [1.54, 1.807) is 6.92 Å². The molecule has 0 amide bonds. The summed E-state index contributed by atoms with van der Waals surface area (Å²) in [5, 5.41) is 23.6. The highest BCUT2D eigenvalue weighted by molar-refractivity contribution is 5.63. The van der Waals surface area contributed by atoms with Gasteiger partial charge in [-0.25, -0.2) is 4.39 Å². The van der Waals surface area contributed by atoms with Gasteiger partial charge in [0.05, 0.1) is 17.1 Å². The third-order valence-electron chi connectivity index (χ3n) is 3.65. The minimum atomic E-state index is -0.601. The Morgan fingerprint density at radius 2 is 2.26 bits per heavy atom. The Hall–Kier alpha value is -1.69. The Kier molecular flexibility index (Phi) is 3.99. The highest BCUT2D eigenvalue weighted by atomic mass is 19.1. The molecule has 0 radical (unpaired) electrons. The molecule has 0 bridgehead atoms. The molecule has 2 N–H and O–H groups in total. The van der Waals surface area contributed by atoms with Crippen LogP contribution in [0.1, 0.15) is 24.8 Å². The lowest BCUT2D eigenvalue weighted by Gasteiger charge is -2.16. The maximum atomic E-state index is 13.4. The molecule has 1 fully saturated rings. The third kappa shape index (κ3) is 3.01. The summed E-state index contributed by atoms with van der Waals surface area (Å²) in [5.74, 6) is -0.483. The van der Waals surface area contributed by atoms with E-state index in [-0.39, 0.29) is 17.7 Å². The summed E-state index contributed by atoms with van der Waals surface area (Å²) < 4.78 is 13.4. The summed E-state index contributed by atoms with van der Waals surface area (Å²) in [7, 11) is 0. The third-order valence-corrected chi connectivity index (χ3v) is 3.65. The number of halogens is 1. The lowest BCUT2D eigenvalue weighted by molar-refractivity contribution is -0.384. The van der Waals surface area contributed by atoms with Gasteiger partial charge in [-0.3, -0.25) is 10.1 Å². The minimum Gasteiger partial charge on any atom is -0.393 e. The van der Waals surface area contributed by atoms with Crippen LogP contribution in [-0.4, -0.2) is 22.7 Å². The first-order chi connectivity index (χ1) is 8.99. The van der Waals surface area contributed by atoms with Crippen LogP contribution in [0, 0.1) is 28.8 Å². The van der Waals surface area contributed by atoms with E-state index in [1.807, 2.05) is 0 Å². The molecule has 1 aliphatic carbocycles. The molecule has 0 heterocycles. The molecule has 1 aromatic carbocycles. The van der Waals surface area contributed by atoms with E-state index < -0.39 is 10.7 Å². The van der Waals surface area contributed by atoms with Crippen molar-refractivity contribution in [1.29, 1.82) is 0 Å². The van der Waals surface area contributed by atoms with Gasteiger partial charge in [0.15, 0.2) is 0 Å². The molecule has 0 saturated heterocycles. The van der Waals surface area contributed by atoms with Crippen molar-refractivity contribution < 1.29 is 14.4 Å². The smallest absolute Gasteiger partial charge is 0.295 e. The van der Waals surface area contributed by atoms with Crippen molar-refractivity contribution in [2.24, 2.45) is 5.92 Å². The zero-order valence-corrected chi connectivity index (χ0v) is 10.7. The van der Waals surface area contributed by atoms with E-state index >= 15 is 0 Å². The summed E-state index contributed by atoms with van der Waals surface area (Å²) in [6.45, 7) is 2.03. The number of aryl methyl sites for hydroxylation is 1. The fourth-order valence-corrected chi connectivity index (χ4v) is 2.46. The Morgan fingerprint density at radius 3 is 2.84 bits per heavy atom. The van der Waals surface area contributed by atoms with Crippen molar-refractivity contribution in [3.63, 3.8) is 0 Å². The van der Waals surface area contributed by atoms with Gasteiger partial charge >= 0.3 is 0 Å². The summed E-state index contributed by atoms with van der Waals surface area (Å²) in [6, 6.07) is 2.37. The van der Waals surface area contributed by atoms with Crippen LogP contribution in [0.25, 0.3) is 0 Å². The van der Waals surface area contributed by atoms with Crippen LogP contribution in [-0.2, 0) is 0 Å². The van der Waals surface area contributed by atoms with Gasteiger partial charge in [-0.15, -0.1) is 0 Å². The Labute approximate surface area is 110 Å². The average molecular weight is 268 g/mol. The van der Waals surface area contributed by atoms with Gasteiger partial charge in [0.1, 0.15) is 11.5 Å². The number of benzene rings is 1. The normalized spacial score (nSPS) is 22.5. The van der Waals surface area contributed by atoms with Gasteiger partial charge in [0.2, 0.25) is 0 Å². The van der Waals surface area contributed by atoms with E-state index in [2.05, 4.69) is 5.32 Å². The zero-order valence-electron chi connectivity index (χ0n) is 10.7. The number of nitrogens with one attached hydrogen (secondary N) is 1. The highest BCUT2D eigenvalue weighted by Crippen LogP contribution is 2.30. The molecule has 104 valence electrons. The maximum absolute atomic E-state index is 13.4. The molecule has 0 spiro atoms. The number of anilines is 1. The van der Waals surface area contributed by atoms with Crippen molar-refractivity contribution in [3.05, 3.63) is 33.6 Å². The van der Waals surface area contributed by atoms with E-state index in [1.165, 1.54) is 6.07 Å². The molecule has 2 atom stereocenters. The monoisotopic (exact) mass is 268 g/mol. The molecule has 1 aliphatic rings. The SMILES string of the molecule is Cc1cc(NCC2CCCC2O)c([N+](=O)[O-])cc1F. The van der Waals surface area contributed by atoms with Gasteiger partial charge < -0.3 is 10.4 Å². The minimum absolute atomic E-state index is 0.102. The van der Waals surface area contributed by atoms with Crippen LogP contribution in [0.5, 0.6) is 0 Å². The first kappa shape index (κ1) is 13.7. The molecule has 0 aromatic heterocycles. The average Bonchev–Trinajstić information content (AvgIpc) is 2.75. The van der Waals surface area contributed by atoms with E-state index in [0.29, 0.717) is 17.8 Å². The largest absolute Gasteiger partial charge is 0.393 e. The van der Waals surface area contributed by atoms with Crippen LogP contribution < -0.4 is 5.32 Å². The predicted molar refractivity (Wildman–Crippen MR) is 69.6 cm³/mol. The van der Waals surface area contributed by atoms with Gasteiger partial charge in [-0.05, 0) is 31.4 Å². The fraction of sp³-hybridized carbons (Fsp3) is 0.538. The summed E-state index contributed by atoms with van der Waals surface area (Å²) in [5.41, 5.74) is 0.402. The van der Waals surface area contributed by atoms with Crippen molar-refractivity contribution in [2.45, 2.75) is 32.3 Å². The highest BCUT2D eigenvalue weighted by Gasteiger charge is 2.26. The van der Waals surface area contributed by atoms with E-state index in [0.717, 1.165) is 25.3 Å². The van der Waals surface area contributed by atoms with E-state index in [4.69, 9.17) is 0 Å². The van der Waals surface area contributed by atoms with Crippen LogP contribution in [0.15, 0.2) is 12.1 Å². The molecule has 19 heavy (non-hydrogen) atoms. The Bertz CT molecular complexity index is 493. The second-order valence-corrected chi connectivity index (χ2v) is 5.01. The van der Waals surface area contributed by atoms with E-state index in [9.17, 15) is 19.6 Å². The fourth-order valence-electron chi connectivity index (χ4n) is 2.46. The second-order valence-electron chi connectivity index (χ2n) is 5.01. The topological polar surface area (TPSA) is 75.4 Å². The van der Waals surface area contributed by atoms with Gasteiger partial charge in [-0.2, -0.15) is 0 Å². The summed E-state index contributed by atoms with van der Waals surface area (Å²) in [6.07, 6.45) is 2.30. The first-order valence-electron chi connectivity index (χ1n) is 6.35. The molecule has 0 aliphatic heterocycles. The molecular formula is C13H17FN2O3. The molecule has 2 unspecified atom stereocenters. The quantitative estimate of drug-likeness (QED) is 0.650. The number of nitro groups is 1. The Balaban J connectivity index is 2.14. The number of aliphatic hydroxyl groups excluding tert-OH is 1. The van der Waals surface area contributed by atoms with Crippen LogP contribution in [0.2, 0.25) is 0 Å². The molecule has 2 rings (SSSR count). The number of nitrogens with zero attached hydrogens (tertiary/aromatic N) is 1.